The Morgan fingerprint density at radius 1 is 1.42 bits per heavy atom. The molecule has 0 saturated heterocycles. The molecule has 0 atom stereocenters. The van der Waals surface area contributed by atoms with Gasteiger partial charge in [0.05, 0.1) is 19.1 Å². The van der Waals surface area contributed by atoms with Gasteiger partial charge in [-0.2, -0.15) is 0 Å². The fraction of sp³-hybridized carbons (Fsp3) is 0.429. The first-order chi connectivity index (χ1) is 9.38. The number of nitrogens with one attached hydrogen (secondary N) is 1. The number of hydrogen-bond donors (Lipinski definition) is 1. The Hall–Kier alpha value is -1.88. The third-order valence-electron chi connectivity index (χ3n) is 3.35. The van der Waals surface area contributed by atoms with Crippen molar-refractivity contribution in [1.82, 2.24) is 19.9 Å². The van der Waals surface area contributed by atoms with Crippen molar-refractivity contribution in [3.05, 3.63) is 42.1 Å². The Kier molecular flexibility index (Phi) is 3.46. The summed E-state index contributed by atoms with van der Waals surface area (Å²) in [5, 5.41) is 3.42. The van der Waals surface area contributed by atoms with E-state index in [1.807, 2.05) is 24.7 Å². The van der Waals surface area contributed by atoms with Crippen molar-refractivity contribution in [2.24, 2.45) is 0 Å². The minimum absolute atomic E-state index is 0.673. The van der Waals surface area contributed by atoms with Gasteiger partial charge in [0.15, 0.2) is 0 Å². The van der Waals surface area contributed by atoms with E-state index >= 15 is 0 Å². The molecule has 1 aliphatic carbocycles. The molecule has 2 heterocycles. The van der Waals surface area contributed by atoms with Gasteiger partial charge in [-0.25, -0.2) is 9.97 Å². The molecule has 3 rings (SSSR count). The summed E-state index contributed by atoms with van der Waals surface area (Å²) < 4.78 is 7.51. The molecule has 0 spiro atoms. The van der Waals surface area contributed by atoms with Crippen LogP contribution in [-0.2, 0) is 13.1 Å². The molecule has 2 aromatic rings. The Morgan fingerprint density at radius 2 is 2.32 bits per heavy atom. The van der Waals surface area contributed by atoms with Crippen molar-refractivity contribution in [3.63, 3.8) is 0 Å². The SMILES string of the molecule is COc1ncccc1CNCc1cncn1C1CC1. The van der Waals surface area contributed by atoms with Crippen LogP contribution in [0.4, 0.5) is 0 Å². The van der Waals surface area contributed by atoms with Crippen LogP contribution in [0.3, 0.4) is 0 Å². The molecule has 0 amide bonds. The zero-order valence-electron chi connectivity index (χ0n) is 11.0. The van der Waals surface area contributed by atoms with Gasteiger partial charge in [-0.15, -0.1) is 0 Å². The van der Waals surface area contributed by atoms with E-state index in [1.165, 1.54) is 18.5 Å². The standard InChI is InChI=1S/C14H18N4O/c1-19-14-11(3-2-6-17-14)7-15-8-13-9-16-10-18(13)12-4-5-12/h2-3,6,9-10,12,15H,4-5,7-8H2,1H3. The van der Waals surface area contributed by atoms with E-state index in [1.54, 1.807) is 13.3 Å². The van der Waals surface area contributed by atoms with Crippen LogP contribution in [0.2, 0.25) is 0 Å². The van der Waals surface area contributed by atoms with Gasteiger partial charge in [-0.3, -0.25) is 0 Å². The van der Waals surface area contributed by atoms with Crippen molar-refractivity contribution in [2.75, 3.05) is 7.11 Å². The molecule has 1 N–H and O–H groups in total. The van der Waals surface area contributed by atoms with Crippen LogP contribution in [0.5, 0.6) is 5.88 Å². The van der Waals surface area contributed by atoms with Gasteiger partial charge in [0.1, 0.15) is 0 Å². The summed E-state index contributed by atoms with van der Waals surface area (Å²) >= 11 is 0. The summed E-state index contributed by atoms with van der Waals surface area (Å²) in [4.78, 5) is 8.42. The molecule has 19 heavy (non-hydrogen) atoms. The summed E-state index contributed by atoms with van der Waals surface area (Å²) in [6.45, 7) is 1.56. The van der Waals surface area contributed by atoms with Crippen LogP contribution >= 0.6 is 0 Å². The van der Waals surface area contributed by atoms with Crippen molar-refractivity contribution in [2.45, 2.75) is 32.0 Å². The molecule has 0 radical (unpaired) electrons. The molecular weight excluding hydrogens is 240 g/mol. The Bertz CT molecular complexity index is 548. The number of rotatable bonds is 6. The first kappa shape index (κ1) is 12.2. The van der Waals surface area contributed by atoms with E-state index in [9.17, 15) is 0 Å². The molecule has 1 saturated carbocycles. The quantitative estimate of drug-likeness (QED) is 0.860. The van der Waals surface area contributed by atoms with Crippen molar-refractivity contribution < 1.29 is 4.74 Å². The number of aromatic nitrogens is 3. The number of imidazole rings is 1. The second-order valence-electron chi connectivity index (χ2n) is 4.80. The third-order valence-corrected chi connectivity index (χ3v) is 3.35. The van der Waals surface area contributed by atoms with Crippen molar-refractivity contribution in [3.8, 4) is 5.88 Å². The second-order valence-corrected chi connectivity index (χ2v) is 4.80. The van der Waals surface area contributed by atoms with Crippen LogP contribution in [-0.4, -0.2) is 21.6 Å². The minimum Gasteiger partial charge on any atom is -0.481 e. The lowest BCUT2D eigenvalue weighted by molar-refractivity contribution is 0.390. The lowest BCUT2D eigenvalue weighted by Crippen LogP contribution is -2.16. The molecule has 100 valence electrons. The van der Waals surface area contributed by atoms with E-state index < -0.39 is 0 Å². The fourth-order valence-electron chi connectivity index (χ4n) is 2.22. The van der Waals surface area contributed by atoms with Crippen LogP contribution < -0.4 is 10.1 Å². The van der Waals surface area contributed by atoms with Crippen LogP contribution in [0.15, 0.2) is 30.9 Å². The largest absolute Gasteiger partial charge is 0.481 e. The number of pyridine rings is 1. The van der Waals surface area contributed by atoms with E-state index in [4.69, 9.17) is 4.74 Å². The van der Waals surface area contributed by atoms with Crippen LogP contribution in [0.1, 0.15) is 30.1 Å². The van der Waals surface area contributed by atoms with Crippen molar-refractivity contribution >= 4 is 0 Å². The Balaban J connectivity index is 1.59. The van der Waals surface area contributed by atoms with Crippen LogP contribution in [0.25, 0.3) is 0 Å². The van der Waals surface area contributed by atoms with Crippen molar-refractivity contribution in [1.29, 1.82) is 0 Å². The van der Waals surface area contributed by atoms with Gasteiger partial charge in [0.25, 0.3) is 0 Å². The topological polar surface area (TPSA) is 52.0 Å². The van der Waals surface area contributed by atoms with E-state index in [0.29, 0.717) is 11.9 Å². The number of hydrogen-bond acceptors (Lipinski definition) is 4. The maximum absolute atomic E-state index is 5.24. The fourth-order valence-corrected chi connectivity index (χ4v) is 2.22. The van der Waals surface area contributed by atoms with Gasteiger partial charge in [-0.1, -0.05) is 6.07 Å². The lowest BCUT2D eigenvalue weighted by atomic mass is 10.2. The van der Waals surface area contributed by atoms with E-state index in [2.05, 4.69) is 19.9 Å². The molecule has 0 aromatic carbocycles. The molecule has 1 fully saturated rings. The Morgan fingerprint density at radius 3 is 3.11 bits per heavy atom. The Labute approximate surface area is 112 Å². The summed E-state index contributed by atoms with van der Waals surface area (Å²) in [5.41, 5.74) is 2.31. The molecule has 0 unspecified atom stereocenters. The molecule has 0 bridgehead atoms. The highest BCUT2D eigenvalue weighted by Crippen LogP contribution is 2.35. The highest BCUT2D eigenvalue weighted by Gasteiger charge is 2.24. The molecule has 2 aromatic heterocycles. The molecule has 5 nitrogen and oxygen atoms in total. The second kappa shape index (κ2) is 5.40. The molecular formula is C14H18N4O. The van der Waals surface area contributed by atoms with Gasteiger partial charge in [-0.05, 0) is 18.9 Å². The predicted molar refractivity (Wildman–Crippen MR) is 71.8 cm³/mol. The lowest BCUT2D eigenvalue weighted by Gasteiger charge is -2.10. The first-order valence-corrected chi connectivity index (χ1v) is 6.58. The number of methoxy groups -OCH3 is 1. The van der Waals surface area contributed by atoms with Crippen LogP contribution in [0, 0.1) is 0 Å². The summed E-state index contributed by atoms with van der Waals surface area (Å²) in [7, 11) is 1.65. The van der Waals surface area contributed by atoms with Gasteiger partial charge >= 0.3 is 0 Å². The zero-order chi connectivity index (χ0) is 13.1. The molecule has 5 heteroatoms. The molecule has 1 aliphatic rings. The summed E-state index contributed by atoms with van der Waals surface area (Å²) in [6.07, 6.45) is 8.16. The first-order valence-electron chi connectivity index (χ1n) is 6.58. The third kappa shape index (κ3) is 2.76. The van der Waals surface area contributed by atoms with E-state index in [-0.39, 0.29) is 0 Å². The molecule has 0 aliphatic heterocycles. The van der Waals surface area contributed by atoms with E-state index in [0.717, 1.165) is 18.7 Å². The zero-order valence-corrected chi connectivity index (χ0v) is 11.0. The van der Waals surface area contributed by atoms with Gasteiger partial charge in [0, 0.05) is 37.1 Å². The maximum Gasteiger partial charge on any atom is 0.217 e. The monoisotopic (exact) mass is 258 g/mol. The van der Waals surface area contributed by atoms with Gasteiger partial charge in [0.2, 0.25) is 5.88 Å². The van der Waals surface area contributed by atoms with Gasteiger partial charge < -0.3 is 14.6 Å². The predicted octanol–water partition coefficient (Wildman–Crippen LogP) is 1.91. The minimum atomic E-state index is 0.673. The maximum atomic E-state index is 5.24. The highest BCUT2D eigenvalue weighted by molar-refractivity contribution is 5.25. The number of ether oxygens (including phenoxy) is 1. The normalized spacial score (nSPS) is 14.6. The summed E-state index contributed by atoms with van der Waals surface area (Å²) in [6, 6.07) is 4.62. The average molecular weight is 258 g/mol. The smallest absolute Gasteiger partial charge is 0.217 e. The average Bonchev–Trinajstić information content (AvgIpc) is 3.19. The highest BCUT2D eigenvalue weighted by atomic mass is 16.5. The number of nitrogens with zero attached hydrogens (tertiary/aromatic N) is 3. The summed E-state index contributed by atoms with van der Waals surface area (Å²) in [5.74, 6) is 0.686.